The Labute approximate surface area is 137 Å². The molecule has 24 heavy (non-hydrogen) atoms. The van der Waals surface area contributed by atoms with E-state index in [1.807, 2.05) is 0 Å². The van der Waals surface area contributed by atoms with Crippen molar-refractivity contribution >= 4 is 23.3 Å². The molecule has 0 saturated heterocycles. The summed E-state index contributed by atoms with van der Waals surface area (Å²) in [6.45, 7) is 4.51. The number of hydrogen-bond acceptors (Lipinski definition) is 6. The fraction of sp³-hybridized carbons (Fsp3) is 0.250. The van der Waals surface area contributed by atoms with Crippen molar-refractivity contribution in [3.8, 4) is 0 Å². The topological polar surface area (TPSA) is 112 Å². The summed E-state index contributed by atoms with van der Waals surface area (Å²) < 4.78 is 10.2. The highest BCUT2D eigenvalue weighted by molar-refractivity contribution is 5.96. The predicted octanol–water partition coefficient (Wildman–Crippen LogP) is 2.91. The summed E-state index contributed by atoms with van der Waals surface area (Å²) in [6, 6.07) is 5.64. The fourth-order valence-corrected chi connectivity index (χ4v) is 2.09. The molecule has 1 aromatic carbocycles. The maximum Gasteiger partial charge on any atom is 0.342 e. The molecule has 126 valence electrons. The molecule has 0 aliphatic carbocycles. The van der Waals surface area contributed by atoms with Crippen LogP contribution in [0.1, 0.15) is 27.4 Å². The van der Waals surface area contributed by atoms with Gasteiger partial charge in [-0.3, -0.25) is 14.9 Å². The average molecular weight is 332 g/mol. The number of nitrogens with one attached hydrogen (secondary N) is 1. The third-order valence-corrected chi connectivity index (χ3v) is 3.30. The second-order valence-electron chi connectivity index (χ2n) is 5.21. The van der Waals surface area contributed by atoms with Gasteiger partial charge in [-0.1, -0.05) is 6.07 Å². The van der Waals surface area contributed by atoms with Crippen molar-refractivity contribution < 1.29 is 23.7 Å². The van der Waals surface area contributed by atoms with Gasteiger partial charge in [0.15, 0.2) is 6.61 Å². The summed E-state index contributed by atoms with van der Waals surface area (Å²) in [4.78, 5) is 34.0. The van der Waals surface area contributed by atoms with Gasteiger partial charge in [-0.15, -0.1) is 0 Å². The number of furan rings is 1. The second-order valence-corrected chi connectivity index (χ2v) is 5.21. The highest BCUT2D eigenvalue weighted by atomic mass is 16.6. The average Bonchev–Trinajstić information content (AvgIpc) is 2.85. The first-order valence-electron chi connectivity index (χ1n) is 7.07. The van der Waals surface area contributed by atoms with Crippen LogP contribution in [0, 0.1) is 30.9 Å². The van der Waals surface area contributed by atoms with Gasteiger partial charge in [-0.05, 0) is 32.4 Å². The van der Waals surface area contributed by atoms with Crippen LogP contribution >= 0.6 is 0 Å². The van der Waals surface area contributed by atoms with Gasteiger partial charge in [-0.25, -0.2) is 4.79 Å². The molecule has 0 radical (unpaired) electrons. The fourth-order valence-electron chi connectivity index (χ4n) is 2.09. The van der Waals surface area contributed by atoms with E-state index in [2.05, 4.69) is 5.32 Å². The van der Waals surface area contributed by atoms with Gasteiger partial charge in [0.1, 0.15) is 17.1 Å². The van der Waals surface area contributed by atoms with Gasteiger partial charge in [0.2, 0.25) is 0 Å². The van der Waals surface area contributed by atoms with Crippen LogP contribution in [0.5, 0.6) is 0 Å². The Kier molecular flexibility index (Phi) is 4.98. The SMILES string of the molecule is Cc1cc(C(=O)OCC(=O)Nc2cc([N+](=O)[O-])ccc2C)c(C)o1. The third kappa shape index (κ3) is 3.97. The van der Waals surface area contributed by atoms with Gasteiger partial charge in [0.05, 0.1) is 10.6 Å². The molecular formula is C16H16N2O6. The van der Waals surface area contributed by atoms with Crippen LogP contribution in [0.25, 0.3) is 0 Å². The van der Waals surface area contributed by atoms with Crippen LogP contribution in [0.3, 0.4) is 0 Å². The van der Waals surface area contributed by atoms with Crippen molar-refractivity contribution in [2.24, 2.45) is 0 Å². The minimum absolute atomic E-state index is 0.141. The van der Waals surface area contributed by atoms with E-state index in [0.717, 1.165) is 0 Å². The molecule has 1 aromatic heterocycles. The molecule has 1 amide bonds. The third-order valence-electron chi connectivity index (χ3n) is 3.30. The van der Waals surface area contributed by atoms with Crippen molar-refractivity contribution in [1.29, 1.82) is 0 Å². The molecule has 0 fully saturated rings. The molecule has 0 saturated carbocycles. The summed E-state index contributed by atoms with van der Waals surface area (Å²) in [5.41, 5.74) is 1.06. The minimum atomic E-state index is -0.671. The maximum absolute atomic E-state index is 11.9. The lowest BCUT2D eigenvalue weighted by atomic mass is 10.2. The lowest BCUT2D eigenvalue weighted by Crippen LogP contribution is -2.21. The van der Waals surface area contributed by atoms with E-state index in [1.165, 1.54) is 24.3 Å². The van der Waals surface area contributed by atoms with E-state index in [4.69, 9.17) is 9.15 Å². The zero-order valence-corrected chi connectivity index (χ0v) is 13.4. The Morgan fingerprint density at radius 2 is 1.96 bits per heavy atom. The van der Waals surface area contributed by atoms with Crippen LogP contribution in [-0.4, -0.2) is 23.4 Å². The molecule has 0 bridgehead atoms. The van der Waals surface area contributed by atoms with Gasteiger partial charge < -0.3 is 14.5 Å². The number of amides is 1. The van der Waals surface area contributed by atoms with Crippen LogP contribution in [-0.2, 0) is 9.53 Å². The van der Waals surface area contributed by atoms with Crippen molar-refractivity contribution in [3.63, 3.8) is 0 Å². The number of carbonyl (C=O) groups is 2. The van der Waals surface area contributed by atoms with Crippen LogP contribution < -0.4 is 5.32 Å². The van der Waals surface area contributed by atoms with Crippen molar-refractivity contribution in [2.45, 2.75) is 20.8 Å². The van der Waals surface area contributed by atoms with Crippen LogP contribution in [0.2, 0.25) is 0 Å². The number of aryl methyl sites for hydroxylation is 3. The van der Waals surface area contributed by atoms with Crippen LogP contribution in [0.15, 0.2) is 28.7 Å². The number of nitro groups is 1. The van der Waals surface area contributed by atoms with Gasteiger partial charge in [0.25, 0.3) is 11.6 Å². The molecule has 1 heterocycles. The molecule has 8 nitrogen and oxygen atoms in total. The van der Waals surface area contributed by atoms with Gasteiger partial charge in [-0.2, -0.15) is 0 Å². The first kappa shape index (κ1) is 17.2. The Morgan fingerprint density at radius 3 is 2.54 bits per heavy atom. The molecule has 2 aromatic rings. The Hall–Kier alpha value is -3.16. The molecule has 0 aliphatic rings. The van der Waals surface area contributed by atoms with Crippen molar-refractivity contribution in [1.82, 2.24) is 0 Å². The predicted molar refractivity (Wildman–Crippen MR) is 84.9 cm³/mol. The second kappa shape index (κ2) is 6.95. The van der Waals surface area contributed by atoms with E-state index in [0.29, 0.717) is 22.8 Å². The monoisotopic (exact) mass is 332 g/mol. The number of ether oxygens (including phenoxy) is 1. The number of carbonyl (C=O) groups excluding carboxylic acids is 2. The zero-order chi connectivity index (χ0) is 17.9. The van der Waals surface area contributed by atoms with E-state index < -0.39 is 23.4 Å². The van der Waals surface area contributed by atoms with Crippen molar-refractivity contribution in [3.05, 3.63) is 57.0 Å². The Balaban J connectivity index is 1.99. The smallest absolute Gasteiger partial charge is 0.342 e. The molecular weight excluding hydrogens is 316 g/mol. The van der Waals surface area contributed by atoms with E-state index >= 15 is 0 Å². The van der Waals surface area contributed by atoms with Crippen molar-refractivity contribution in [2.75, 3.05) is 11.9 Å². The Bertz CT molecular complexity index is 809. The number of nitrogens with zero attached hydrogens (tertiary/aromatic N) is 1. The number of non-ortho nitro benzene ring substituents is 1. The molecule has 1 N–H and O–H groups in total. The van der Waals surface area contributed by atoms with E-state index in [-0.39, 0.29) is 11.3 Å². The molecule has 0 atom stereocenters. The highest BCUT2D eigenvalue weighted by Gasteiger charge is 2.17. The first-order chi connectivity index (χ1) is 11.3. The zero-order valence-electron chi connectivity index (χ0n) is 13.4. The number of rotatable bonds is 5. The normalized spacial score (nSPS) is 10.3. The lowest BCUT2D eigenvalue weighted by Gasteiger charge is -2.08. The molecule has 2 rings (SSSR count). The first-order valence-corrected chi connectivity index (χ1v) is 7.07. The quantitative estimate of drug-likeness (QED) is 0.512. The van der Waals surface area contributed by atoms with E-state index in [9.17, 15) is 19.7 Å². The molecule has 0 unspecified atom stereocenters. The van der Waals surface area contributed by atoms with Crippen LogP contribution in [0.4, 0.5) is 11.4 Å². The Morgan fingerprint density at radius 1 is 1.25 bits per heavy atom. The maximum atomic E-state index is 11.9. The summed E-state index contributed by atoms with van der Waals surface area (Å²) >= 11 is 0. The number of anilines is 1. The molecule has 8 heteroatoms. The molecule has 0 aliphatic heterocycles. The standard InChI is InChI=1S/C16H16N2O6/c1-9-4-5-12(18(21)22)7-14(9)17-15(19)8-23-16(20)13-6-10(2)24-11(13)3/h4-7H,8H2,1-3H3,(H,17,19). The largest absolute Gasteiger partial charge is 0.466 e. The number of hydrogen-bond donors (Lipinski definition) is 1. The highest BCUT2D eigenvalue weighted by Crippen LogP contribution is 2.21. The summed E-state index contributed by atoms with van der Waals surface area (Å²) in [7, 11) is 0. The lowest BCUT2D eigenvalue weighted by molar-refractivity contribution is -0.384. The van der Waals surface area contributed by atoms with Gasteiger partial charge in [0, 0.05) is 12.1 Å². The molecule has 0 spiro atoms. The number of nitro benzene ring substituents is 1. The number of benzene rings is 1. The summed E-state index contributed by atoms with van der Waals surface area (Å²) in [5.74, 6) is -0.288. The van der Waals surface area contributed by atoms with Gasteiger partial charge >= 0.3 is 5.97 Å². The van der Waals surface area contributed by atoms with E-state index in [1.54, 1.807) is 20.8 Å². The number of esters is 1. The minimum Gasteiger partial charge on any atom is -0.466 e. The summed E-state index contributed by atoms with van der Waals surface area (Å²) in [5, 5.41) is 13.3. The summed E-state index contributed by atoms with van der Waals surface area (Å²) in [6.07, 6.45) is 0.